The molecule has 0 saturated carbocycles. The van der Waals surface area contributed by atoms with Gasteiger partial charge in [-0.2, -0.15) is 0 Å². The van der Waals surface area contributed by atoms with Crippen molar-refractivity contribution in [3.8, 4) is 0 Å². The monoisotopic (exact) mass is 335 g/mol. The Labute approximate surface area is 143 Å². The highest BCUT2D eigenvalue weighted by atomic mass is 32.2. The molecule has 23 heavy (non-hydrogen) atoms. The second-order valence-corrected chi connectivity index (χ2v) is 5.77. The van der Waals surface area contributed by atoms with Gasteiger partial charge in [0.15, 0.2) is 0 Å². The summed E-state index contributed by atoms with van der Waals surface area (Å²) in [5.74, 6) is -0.109. The van der Waals surface area contributed by atoms with Crippen molar-refractivity contribution < 1.29 is 4.39 Å². The van der Waals surface area contributed by atoms with Crippen molar-refractivity contribution in [1.82, 2.24) is 10.6 Å². The predicted molar refractivity (Wildman–Crippen MR) is 98.1 cm³/mol. The van der Waals surface area contributed by atoms with Crippen LogP contribution in [0.1, 0.15) is 11.1 Å². The predicted octanol–water partition coefficient (Wildman–Crippen LogP) is 3.00. The number of rotatable bonds is 7. The summed E-state index contributed by atoms with van der Waals surface area (Å²) < 4.78 is 12.9. The maximum Gasteiger partial charge on any atom is 0.126 e. The van der Waals surface area contributed by atoms with Gasteiger partial charge in [-0.1, -0.05) is 30.3 Å². The number of benzene rings is 2. The highest BCUT2D eigenvalue weighted by molar-refractivity contribution is 7.97. The lowest BCUT2D eigenvalue weighted by Gasteiger charge is -2.01. The number of hydrogen-bond donors (Lipinski definition) is 3. The lowest BCUT2D eigenvalue weighted by molar-refractivity contribution is 0.605. The minimum atomic E-state index is -0.109. The zero-order chi connectivity index (χ0) is 16.9. The molecule has 0 aromatic heterocycles. The Morgan fingerprint density at radius 2 is 1.52 bits per heavy atom. The molecule has 0 amide bonds. The molecule has 2 aromatic carbocycles. The molecule has 4 N–H and O–H groups in total. The molecule has 3 nitrogen and oxygen atoms in total. The van der Waals surface area contributed by atoms with Gasteiger partial charge in [0.1, 0.15) is 5.82 Å². The molecule has 0 aliphatic rings. The van der Waals surface area contributed by atoms with E-state index >= 15 is 0 Å². The van der Waals surface area contributed by atoms with E-state index in [2.05, 4.69) is 34.9 Å². The van der Waals surface area contributed by atoms with Crippen molar-refractivity contribution >= 4 is 11.9 Å². The summed E-state index contributed by atoms with van der Waals surface area (Å²) in [6.07, 6.45) is 1.83. The standard InChI is InChI=1S/C9H12FN.C9H14N2S/c1-11-7-6-8-4-2-3-5-9(8)10;1-11-7-6-8-2-4-9(12-10)5-3-8/h2-5,11H,6-7H2,1H3;2-5,11H,6-7,10H2,1H3. The van der Waals surface area contributed by atoms with E-state index in [9.17, 15) is 4.39 Å². The van der Waals surface area contributed by atoms with Gasteiger partial charge in [-0.05, 0) is 81.3 Å². The summed E-state index contributed by atoms with van der Waals surface area (Å²) in [5.41, 5.74) is 2.13. The normalized spacial score (nSPS) is 10.1. The van der Waals surface area contributed by atoms with Crippen molar-refractivity contribution in [2.75, 3.05) is 27.2 Å². The van der Waals surface area contributed by atoms with Crippen LogP contribution in [-0.4, -0.2) is 27.2 Å². The summed E-state index contributed by atoms with van der Waals surface area (Å²) in [7, 11) is 3.82. The molecule has 2 rings (SSSR count). The Balaban J connectivity index is 0.000000231. The van der Waals surface area contributed by atoms with Crippen LogP contribution in [0.5, 0.6) is 0 Å². The van der Waals surface area contributed by atoms with E-state index in [0.29, 0.717) is 0 Å². The van der Waals surface area contributed by atoms with E-state index in [-0.39, 0.29) is 5.82 Å². The maximum absolute atomic E-state index is 12.9. The van der Waals surface area contributed by atoms with Crippen molar-refractivity contribution in [2.24, 2.45) is 5.14 Å². The van der Waals surface area contributed by atoms with Gasteiger partial charge in [0, 0.05) is 4.90 Å². The van der Waals surface area contributed by atoms with Gasteiger partial charge in [-0.25, -0.2) is 4.39 Å². The highest BCUT2D eigenvalue weighted by Crippen LogP contribution is 2.12. The third-order valence-electron chi connectivity index (χ3n) is 3.33. The molecular weight excluding hydrogens is 309 g/mol. The molecule has 126 valence electrons. The van der Waals surface area contributed by atoms with Crippen molar-refractivity contribution in [2.45, 2.75) is 17.7 Å². The smallest absolute Gasteiger partial charge is 0.126 e. The topological polar surface area (TPSA) is 50.1 Å². The van der Waals surface area contributed by atoms with Crippen LogP contribution in [0.25, 0.3) is 0 Å². The van der Waals surface area contributed by atoms with Gasteiger partial charge in [0.25, 0.3) is 0 Å². The third-order valence-corrected chi connectivity index (χ3v) is 3.87. The van der Waals surface area contributed by atoms with Crippen LogP contribution in [0, 0.1) is 5.82 Å². The first-order valence-corrected chi connectivity index (χ1v) is 8.57. The summed E-state index contributed by atoms with van der Waals surface area (Å²) in [5, 5.41) is 11.5. The Hall–Kier alpha value is -1.40. The molecule has 0 spiro atoms. The fourth-order valence-corrected chi connectivity index (χ4v) is 2.26. The van der Waals surface area contributed by atoms with E-state index in [0.717, 1.165) is 36.4 Å². The highest BCUT2D eigenvalue weighted by Gasteiger charge is 1.97. The van der Waals surface area contributed by atoms with Gasteiger partial charge in [-0.3, -0.25) is 5.14 Å². The first-order valence-electron chi connectivity index (χ1n) is 7.69. The number of nitrogens with one attached hydrogen (secondary N) is 2. The molecule has 0 radical (unpaired) electrons. The molecule has 0 heterocycles. The summed E-state index contributed by atoms with van der Waals surface area (Å²) in [6.45, 7) is 1.84. The van der Waals surface area contributed by atoms with Crippen LogP contribution in [0.3, 0.4) is 0 Å². The Morgan fingerprint density at radius 3 is 2.09 bits per heavy atom. The van der Waals surface area contributed by atoms with Crippen LogP contribution in [0.2, 0.25) is 0 Å². The molecular formula is C18H26FN3S. The SMILES string of the molecule is CNCCc1ccc(SN)cc1.CNCCc1ccccc1F. The van der Waals surface area contributed by atoms with Crippen molar-refractivity contribution in [1.29, 1.82) is 0 Å². The number of hydrogen-bond acceptors (Lipinski definition) is 4. The summed E-state index contributed by atoms with van der Waals surface area (Å²) >= 11 is 1.29. The molecule has 0 bridgehead atoms. The van der Waals surface area contributed by atoms with Gasteiger partial charge >= 0.3 is 0 Å². The van der Waals surface area contributed by atoms with Crippen LogP contribution in [-0.2, 0) is 12.8 Å². The average Bonchev–Trinajstić information content (AvgIpc) is 2.60. The average molecular weight is 335 g/mol. The van der Waals surface area contributed by atoms with Gasteiger partial charge < -0.3 is 10.6 Å². The number of nitrogens with two attached hydrogens (primary N) is 1. The second kappa shape index (κ2) is 12.1. The Kier molecular flexibility index (Phi) is 10.3. The van der Waals surface area contributed by atoms with Crippen molar-refractivity contribution in [3.63, 3.8) is 0 Å². The third kappa shape index (κ3) is 8.13. The van der Waals surface area contributed by atoms with Crippen LogP contribution in [0.15, 0.2) is 53.4 Å². The number of halogens is 1. The molecule has 0 unspecified atom stereocenters. The minimum Gasteiger partial charge on any atom is -0.319 e. The van der Waals surface area contributed by atoms with Gasteiger partial charge in [0.2, 0.25) is 0 Å². The van der Waals surface area contributed by atoms with E-state index in [1.54, 1.807) is 6.07 Å². The van der Waals surface area contributed by atoms with Gasteiger partial charge in [0.05, 0.1) is 0 Å². The molecule has 0 fully saturated rings. The fourth-order valence-electron chi connectivity index (χ4n) is 1.96. The zero-order valence-corrected chi connectivity index (χ0v) is 14.6. The van der Waals surface area contributed by atoms with Crippen LogP contribution in [0.4, 0.5) is 4.39 Å². The lowest BCUT2D eigenvalue weighted by atomic mass is 10.1. The van der Waals surface area contributed by atoms with Gasteiger partial charge in [-0.15, -0.1) is 0 Å². The summed E-state index contributed by atoms with van der Waals surface area (Å²) in [6, 6.07) is 15.2. The largest absolute Gasteiger partial charge is 0.319 e. The maximum atomic E-state index is 12.9. The second-order valence-electron chi connectivity index (χ2n) is 5.06. The molecule has 5 heteroatoms. The zero-order valence-electron chi connectivity index (χ0n) is 13.8. The van der Waals surface area contributed by atoms with E-state index in [4.69, 9.17) is 5.14 Å². The molecule has 0 aliphatic heterocycles. The molecule has 2 aromatic rings. The Bertz CT molecular complexity index is 546. The first kappa shape index (κ1) is 19.6. The lowest BCUT2D eigenvalue weighted by Crippen LogP contribution is -2.10. The summed E-state index contributed by atoms with van der Waals surface area (Å²) in [4.78, 5) is 1.11. The van der Waals surface area contributed by atoms with E-state index < -0.39 is 0 Å². The molecule has 0 atom stereocenters. The fraction of sp³-hybridized carbons (Fsp3) is 0.333. The molecule has 0 saturated heterocycles. The minimum absolute atomic E-state index is 0.109. The van der Waals surface area contributed by atoms with E-state index in [1.807, 2.05) is 26.2 Å². The quantitative estimate of drug-likeness (QED) is 0.681. The number of likely N-dealkylation sites (N-methyl/N-ethyl adjacent to an activating group) is 2. The van der Waals surface area contributed by atoms with Crippen LogP contribution >= 0.6 is 11.9 Å². The first-order chi connectivity index (χ1) is 11.2. The van der Waals surface area contributed by atoms with Crippen LogP contribution < -0.4 is 15.8 Å². The van der Waals surface area contributed by atoms with E-state index in [1.165, 1.54) is 23.6 Å². The molecule has 0 aliphatic carbocycles. The Morgan fingerprint density at radius 1 is 0.913 bits per heavy atom. The van der Waals surface area contributed by atoms with Crippen molar-refractivity contribution in [3.05, 3.63) is 65.5 Å².